The molecule has 3 aromatic rings. The fourth-order valence-electron chi connectivity index (χ4n) is 2.71. The van der Waals surface area contributed by atoms with E-state index in [4.69, 9.17) is 9.47 Å². The van der Waals surface area contributed by atoms with Crippen LogP contribution in [0.4, 0.5) is 11.4 Å². The normalized spacial score (nSPS) is 10.3. The minimum Gasteiger partial charge on any atom is -0.493 e. The Labute approximate surface area is 170 Å². The van der Waals surface area contributed by atoms with Crippen LogP contribution in [0.2, 0.25) is 0 Å². The molecule has 154 valence electrons. The molecule has 10 nitrogen and oxygen atoms in total. The Morgan fingerprint density at radius 3 is 2.40 bits per heavy atom. The Balaban J connectivity index is 1.79. The standard InChI is InChI=1S/C20H18N4O6/c1-29-17-9-3-13(11-18(17)30-2)16-8-10-20(26)23(22-16)12-19(25)21-14-4-6-15(7-5-14)24(27)28/h3-11H,12H2,1-2H3,(H,21,25). The number of hydrogen-bond donors (Lipinski definition) is 1. The van der Waals surface area contributed by atoms with Gasteiger partial charge in [-0.15, -0.1) is 0 Å². The van der Waals surface area contributed by atoms with E-state index in [0.29, 0.717) is 28.4 Å². The number of hydrogen-bond acceptors (Lipinski definition) is 7. The van der Waals surface area contributed by atoms with Crippen molar-refractivity contribution in [1.29, 1.82) is 0 Å². The van der Waals surface area contributed by atoms with Gasteiger partial charge in [-0.1, -0.05) is 0 Å². The van der Waals surface area contributed by atoms with Crippen LogP contribution >= 0.6 is 0 Å². The van der Waals surface area contributed by atoms with Crippen molar-refractivity contribution in [2.45, 2.75) is 6.54 Å². The van der Waals surface area contributed by atoms with Gasteiger partial charge >= 0.3 is 0 Å². The molecule has 0 unspecified atom stereocenters. The fourth-order valence-corrected chi connectivity index (χ4v) is 2.71. The number of methoxy groups -OCH3 is 2. The number of amides is 1. The Kier molecular flexibility index (Phi) is 6.06. The van der Waals surface area contributed by atoms with Crippen LogP contribution in [0.15, 0.2) is 59.4 Å². The van der Waals surface area contributed by atoms with Crippen molar-refractivity contribution in [3.63, 3.8) is 0 Å². The summed E-state index contributed by atoms with van der Waals surface area (Å²) >= 11 is 0. The van der Waals surface area contributed by atoms with Gasteiger partial charge in [0.15, 0.2) is 11.5 Å². The third kappa shape index (κ3) is 4.61. The van der Waals surface area contributed by atoms with E-state index in [2.05, 4.69) is 10.4 Å². The first-order valence-corrected chi connectivity index (χ1v) is 8.76. The molecule has 0 saturated heterocycles. The predicted octanol–water partition coefficient (Wildman–Crippen LogP) is 2.47. The summed E-state index contributed by atoms with van der Waals surface area (Å²) in [6.07, 6.45) is 0. The van der Waals surface area contributed by atoms with E-state index in [-0.39, 0.29) is 12.2 Å². The molecule has 10 heteroatoms. The molecule has 1 heterocycles. The van der Waals surface area contributed by atoms with Crippen LogP contribution in [0.3, 0.4) is 0 Å². The van der Waals surface area contributed by atoms with E-state index >= 15 is 0 Å². The number of nitro groups is 1. The number of nitrogens with zero attached hydrogens (tertiary/aromatic N) is 3. The van der Waals surface area contributed by atoms with Gasteiger partial charge in [0, 0.05) is 29.4 Å². The second-order valence-corrected chi connectivity index (χ2v) is 6.14. The van der Waals surface area contributed by atoms with Crippen molar-refractivity contribution in [2.75, 3.05) is 19.5 Å². The molecule has 1 N–H and O–H groups in total. The maximum absolute atomic E-state index is 12.3. The SMILES string of the molecule is COc1ccc(-c2ccc(=O)n(CC(=O)Nc3ccc([N+](=O)[O-])cc3)n2)cc1OC. The van der Waals surface area contributed by atoms with Crippen molar-refractivity contribution >= 4 is 17.3 Å². The number of benzene rings is 2. The van der Waals surface area contributed by atoms with Gasteiger partial charge < -0.3 is 14.8 Å². The quantitative estimate of drug-likeness (QED) is 0.468. The van der Waals surface area contributed by atoms with Crippen LogP contribution < -0.4 is 20.3 Å². The average molecular weight is 410 g/mol. The number of rotatable bonds is 7. The van der Waals surface area contributed by atoms with Crippen molar-refractivity contribution in [3.8, 4) is 22.8 Å². The maximum atomic E-state index is 12.3. The molecule has 0 aliphatic carbocycles. The van der Waals surface area contributed by atoms with E-state index in [1.807, 2.05) is 0 Å². The van der Waals surface area contributed by atoms with Gasteiger partial charge in [-0.2, -0.15) is 5.10 Å². The lowest BCUT2D eigenvalue weighted by Crippen LogP contribution is -2.29. The summed E-state index contributed by atoms with van der Waals surface area (Å²) in [5.74, 6) is 0.561. The molecule has 1 aromatic heterocycles. The fraction of sp³-hybridized carbons (Fsp3) is 0.150. The molecule has 0 aliphatic heterocycles. The number of carbonyl (C=O) groups is 1. The van der Waals surface area contributed by atoms with E-state index in [9.17, 15) is 19.7 Å². The first kappa shape index (κ1) is 20.5. The molecule has 3 rings (SSSR count). The molecule has 0 bridgehead atoms. The molecule has 0 spiro atoms. The molecule has 1 amide bonds. The highest BCUT2D eigenvalue weighted by atomic mass is 16.6. The number of non-ortho nitro benzene ring substituents is 1. The molecule has 0 radical (unpaired) electrons. The largest absolute Gasteiger partial charge is 0.493 e. The third-order valence-electron chi connectivity index (χ3n) is 4.20. The molecule has 0 aliphatic rings. The zero-order chi connectivity index (χ0) is 21.7. The lowest BCUT2D eigenvalue weighted by molar-refractivity contribution is -0.384. The minimum atomic E-state index is -0.533. The molecule has 2 aromatic carbocycles. The van der Waals surface area contributed by atoms with E-state index < -0.39 is 16.4 Å². The van der Waals surface area contributed by atoms with Crippen LogP contribution in [0.5, 0.6) is 11.5 Å². The lowest BCUT2D eigenvalue weighted by Gasteiger charge is -2.11. The van der Waals surface area contributed by atoms with E-state index in [1.54, 1.807) is 24.3 Å². The Hall–Kier alpha value is -4.21. The first-order chi connectivity index (χ1) is 14.4. The van der Waals surface area contributed by atoms with Crippen molar-refractivity contribution in [1.82, 2.24) is 9.78 Å². The maximum Gasteiger partial charge on any atom is 0.269 e. The van der Waals surface area contributed by atoms with Crippen LogP contribution in [-0.4, -0.2) is 34.8 Å². The summed E-state index contributed by atoms with van der Waals surface area (Å²) in [5, 5.41) is 17.5. The molecule has 0 saturated carbocycles. The van der Waals surface area contributed by atoms with Gasteiger partial charge in [-0.3, -0.25) is 19.7 Å². The number of carbonyl (C=O) groups excluding carboxylic acids is 1. The summed E-state index contributed by atoms with van der Waals surface area (Å²) in [5.41, 5.74) is 0.983. The van der Waals surface area contributed by atoms with Gasteiger partial charge in [-0.25, -0.2) is 4.68 Å². The zero-order valence-electron chi connectivity index (χ0n) is 16.2. The predicted molar refractivity (Wildman–Crippen MR) is 109 cm³/mol. The van der Waals surface area contributed by atoms with Crippen LogP contribution in [0, 0.1) is 10.1 Å². The second kappa shape index (κ2) is 8.86. The summed E-state index contributed by atoms with van der Waals surface area (Å²) in [6.45, 7) is -0.322. The van der Waals surface area contributed by atoms with Gasteiger partial charge in [0.1, 0.15) is 6.54 Å². The molecule has 0 fully saturated rings. The highest BCUT2D eigenvalue weighted by Crippen LogP contribution is 2.31. The third-order valence-corrected chi connectivity index (χ3v) is 4.20. The molecular weight excluding hydrogens is 392 g/mol. The topological polar surface area (TPSA) is 126 Å². The minimum absolute atomic E-state index is 0.0893. The molecular formula is C20H18N4O6. The van der Waals surface area contributed by atoms with Crippen molar-refractivity contribution < 1.29 is 19.2 Å². The average Bonchev–Trinajstić information content (AvgIpc) is 2.75. The number of ether oxygens (including phenoxy) is 2. The van der Waals surface area contributed by atoms with Crippen LogP contribution in [-0.2, 0) is 11.3 Å². The van der Waals surface area contributed by atoms with Crippen LogP contribution in [0.1, 0.15) is 0 Å². The smallest absolute Gasteiger partial charge is 0.269 e. The number of aromatic nitrogens is 2. The highest BCUT2D eigenvalue weighted by Gasteiger charge is 2.12. The first-order valence-electron chi connectivity index (χ1n) is 8.76. The highest BCUT2D eigenvalue weighted by molar-refractivity contribution is 5.90. The van der Waals surface area contributed by atoms with E-state index in [1.165, 1.54) is 44.6 Å². The monoisotopic (exact) mass is 410 g/mol. The second-order valence-electron chi connectivity index (χ2n) is 6.14. The van der Waals surface area contributed by atoms with Crippen molar-refractivity contribution in [2.24, 2.45) is 0 Å². The summed E-state index contributed by atoms with van der Waals surface area (Å²) in [7, 11) is 3.04. The number of nitro benzene ring substituents is 1. The number of nitrogens with one attached hydrogen (secondary N) is 1. The molecule has 0 atom stereocenters. The Morgan fingerprint density at radius 2 is 1.77 bits per heavy atom. The Bertz CT molecular complexity index is 1140. The summed E-state index contributed by atoms with van der Waals surface area (Å²) < 4.78 is 11.5. The van der Waals surface area contributed by atoms with Gasteiger partial charge in [-0.05, 0) is 36.4 Å². The van der Waals surface area contributed by atoms with E-state index in [0.717, 1.165) is 4.68 Å². The molecule has 30 heavy (non-hydrogen) atoms. The van der Waals surface area contributed by atoms with Crippen LogP contribution in [0.25, 0.3) is 11.3 Å². The van der Waals surface area contributed by atoms with Crippen molar-refractivity contribution in [3.05, 3.63) is 75.1 Å². The number of anilines is 1. The van der Waals surface area contributed by atoms with Gasteiger partial charge in [0.2, 0.25) is 5.91 Å². The lowest BCUT2D eigenvalue weighted by atomic mass is 10.1. The van der Waals surface area contributed by atoms with Gasteiger partial charge in [0.05, 0.1) is 24.8 Å². The summed E-state index contributed by atoms with van der Waals surface area (Å²) in [6, 6.07) is 13.4. The van der Waals surface area contributed by atoms with Gasteiger partial charge in [0.25, 0.3) is 11.2 Å². The summed E-state index contributed by atoms with van der Waals surface area (Å²) in [4.78, 5) is 34.6. The zero-order valence-corrected chi connectivity index (χ0v) is 16.2. The Morgan fingerprint density at radius 1 is 1.07 bits per heavy atom.